The molecule has 0 atom stereocenters. The molecule has 1 spiro atoms. The Morgan fingerprint density at radius 2 is 1.82 bits per heavy atom. The smallest absolute Gasteiger partial charge is 0.225 e. The lowest BCUT2D eigenvalue weighted by Crippen LogP contribution is -2.41. The molecule has 2 aromatic heterocycles. The first kappa shape index (κ1) is 17.2. The minimum atomic E-state index is 0.182. The lowest BCUT2D eigenvalue weighted by atomic mass is 9.74. The van der Waals surface area contributed by atoms with Crippen LogP contribution in [0.4, 0.5) is 5.95 Å². The Balaban J connectivity index is 1.40. The fourth-order valence-corrected chi connectivity index (χ4v) is 4.76. The number of nitrogens with zero attached hydrogens (tertiary/aromatic N) is 5. The van der Waals surface area contributed by atoms with E-state index in [4.69, 9.17) is 4.98 Å². The predicted molar refractivity (Wildman–Crippen MR) is 112 cm³/mol. The predicted octanol–water partition coefficient (Wildman–Crippen LogP) is 4.06. The molecule has 1 aromatic carbocycles. The van der Waals surface area contributed by atoms with Gasteiger partial charge in [-0.05, 0) is 43.9 Å². The van der Waals surface area contributed by atoms with Gasteiger partial charge in [-0.25, -0.2) is 9.97 Å². The van der Waals surface area contributed by atoms with Gasteiger partial charge >= 0.3 is 0 Å². The highest BCUT2D eigenvalue weighted by atomic mass is 15.3. The van der Waals surface area contributed by atoms with Gasteiger partial charge < -0.3 is 4.90 Å². The Kier molecular flexibility index (Phi) is 3.86. The molecule has 5 rings (SSSR count). The molecule has 5 heteroatoms. The van der Waals surface area contributed by atoms with Gasteiger partial charge in [0.1, 0.15) is 0 Å². The highest BCUT2D eigenvalue weighted by Gasteiger charge is 2.38. The van der Waals surface area contributed by atoms with Crippen LogP contribution in [0.1, 0.15) is 35.4 Å². The Morgan fingerprint density at radius 3 is 2.57 bits per heavy atom. The number of fused-ring (bicyclic) bond motifs is 2. The summed E-state index contributed by atoms with van der Waals surface area (Å²) in [5.41, 5.74) is 7.25. The average Bonchev–Trinajstić information content (AvgIpc) is 3.20. The second-order valence-electron chi connectivity index (χ2n) is 7.98. The second-order valence-corrected chi connectivity index (χ2v) is 7.98. The molecule has 142 valence electrons. The van der Waals surface area contributed by atoms with Crippen molar-refractivity contribution in [3.63, 3.8) is 0 Å². The average molecular weight is 371 g/mol. The fourth-order valence-electron chi connectivity index (χ4n) is 4.76. The summed E-state index contributed by atoms with van der Waals surface area (Å²) in [7, 11) is 1.98. The van der Waals surface area contributed by atoms with Crippen LogP contribution in [0, 0.1) is 13.8 Å². The van der Waals surface area contributed by atoms with E-state index in [9.17, 15) is 0 Å². The van der Waals surface area contributed by atoms with Crippen LogP contribution in [0.25, 0.3) is 17.3 Å². The van der Waals surface area contributed by atoms with Gasteiger partial charge in [0.15, 0.2) is 0 Å². The van der Waals surface area contributed by atoms with E-state index in [0.717, 1.165) is 54.5 Å². The molecule has 28 heavy (non-hydrogen) atoms. The molecule has 1 aliphatic carbocycles. The zero-order valence-electron chi connectivity index (χ0n) is 16.7. The highest BCUT2D eigenvalue weighted by Crippen LogP contribution is 2.44. The molecular formula is C23H25N5. The van der Waals surface area contributed by atoms with Crippen LogP contribution in [0.3, 0.4) is 0 Å². The number of aromatic nitrogens is 4. The van der Waals surface area contributed by atoms with Crippen molar-refractivity contribution in [3.05, 3.63) is 65.1 Å². The van der Waals surface area contributed by atoms with Gasteiger partial charge in [0.25, 0.3) is 0 Å². The van der Waals surface area contributed by atoms with Crippen LogP contribution in [0.5, 0.6) is 0 Å². The molecule has 1 fully saturated rings. The summed E-state index contributed by atoms with van der Waals surface area (Å²) in [6.45, 7) is 6.06. The first-order valence-corrected chi connectivity index (χ1v) is 9.95. The van der Waals surface area contributed by atoms with Crippen molar-refractivity contribution < 1.29 is 0 Å². The van der Waals surface area contributed by atoms with E-state index < -0.39 is 0 Å². The topological polar surface area (TPSA) is 46.8 Å². The molecule has 0 amide bonds. The first-order chi connectivity index (χ1) is 13.6. The largest absolute Gasteiger partial charge is 0.341 e. The number of rotatable bonds is 2. The number of anilines is 1. The normalized spacial score (nSPS) is 17.3. The molecule has 2 aliphatic rings. The highest BCUT2D eigenvalue weighted by molar-refractivity contribution is 5.67. The lowest BCUT2D eigenvalue weighted by Gasteiger charge is -2.39. The fraction of sp³-hybridized carbons (Fsp3) is 0.348. The molecular weight excluding hydrogens is 346 g/mol. The van der Waals surface area contributed by atoms with Gasteiger partial charge in [0.05, 0.1) is 11.4 Å². The van der Waals surface area contributed by atoms with Crippen molar-refractivity contribution in [2.45, 2.75) is 32.1 Å². The van der Waals surface area contributed by atoms with Gasteiger partial charge in [0, 0.05) is 43.0 Å². The van der Waals surface area contributed by atoms with Crippen LogP contribution >= 0.6 is 0 Å². The van der Waals surface area contributed by atoms with Crippen molar-refractivity contribution in [2.24, 2.45) is 7.05 Å². The minimum absolute atomic E-state index is 0.182. The van der Waals surface area contributed by atoms with E-state index in [0.29, 0.717) is 0 Å². The number of hydrogen-bond donors (Lipinski definition) is 0. The number of allylic oxidation sites excluding steroid dienone is 1. The Morgan fingerprint density at radius 1 is 1.04 bits per heavy atom. The molecule has 5 nitrogen and oxygen atoms in total. The zero-order chi connectivity index (χ0) is 19.3. The maximum absolute atomic E-state index is 4.90. The quantitative estimate of drug-likeness (QED) is 0.682. The lowest BCUT2D eigenvalue weighted by molar-refractivity contribution is 0.408. The summed E-state index contributed by atoms with van der Waals surface area (Å²) < 4.78 is 1.92. The number of piperidine rings is 1. The summed E-state index contributed by atoms with van der Waals surface area (Å²) in [5, 5.41) is 4.53. The van der Waals surface area contributed by atoms with E-state index in [1.165, 1.54) is 11.1 Å². The van der Waals surface area contributed by atoms with Gasteiger partial charge in [-0.2, -0.15) is 5.10 Å². The maximum atomic E-state index is 4.90. The SMILES string of the molecule is Cc1nn(C)c(C)c1-c1ccnc(N2CCC3(C=Cc4ccccc43)CC2)n1. The van der Waals surface area contributed by atoms with Gasteiger partial charge in [-0.3, -0.25) is 4.68 Å². The first-order valence-electron chi connectivity index (χ1n) is 9.95. The number of benzene rings is 1. The molecule has 0 N–H and O–H groups in total. The van der Waals surface area contributed by atoms with E-state index >= 15 is 0 Å². The Bertz CT molecular complexity index is 1070. The van der Waals surface area contributed by atoms with Crippen LogP contribution in [0.15, 0.2) is 42.6 Å². The minimum Gasteiger partial charge on any atom is -0.341 e. The van der Waals surface area contributed by atoms with Crippen molar-refractivity contribution >= 4 is 12.0 Å². The standard InChI is InChI=1S/C23H25N5/c1-16-21(17(2)27(3)26-16)20-9-13-24-22(25-20)28-14-11-23(12-15-28)10-8-18-6-4-5-7-19(18)23/h4-10,13H,11-12,14-15H2,1-3H3. The van der Waals surface area contributed by atoms with Gasteiger partial charge in [0.2, 0.25) is 5.95 Å². The van der Waals surface area contributed by atoms with Crippen molar-refractivity contribution in [2.75, 3.05) is 18.0 Å². The molecule has 0 saturated carbocycles. The van der Waals surface area contributed by atoms with Crippen LogP contribution in [0.2, 0.25) is 0 Å². The van der Waals surface area contributed by atoms with Crippen molar-refractivity contribution in [1.82, 2.24) is 19.7 Å². The van der Waals surface area contributed by atoms with E-state index in [2.05, 4.69) is 58.3 Å². The third kappa shape index (κ3) is 2.57. The van der Waals surface area contributed by atoms with Crippen molar-refractivity contribution in [1.29, 1.82) is 0 Å². The van der Waals surface area contributed by atoms with E-state index in [-0.39, 0.29) is 5.41 Å². The van der Waals surface area contributed by atoms with Gasteiger partial charge in [-0.1, -0.05) is 36.4 Å². The number of hydrogen-bond acceptors (Lipinski definition) is 4. The monoisotopic (exact) mass is 371 g/mol. The second kappa shape index (κ2) is 6.30. The van der Waals surface area contributed by atoms with Crippen LogP contribution < -0.4 is 4.90 Å². The van der Waals surface area contributed by atoms with Crippen LogP contribution in [-0.2, 0) is 12.5 Å². The Hall–Kier alpha value is -2.95. The van der Waals surface area contributed by atoms with E-state index in [1.54, 1.807) is 0 Å². The third-order valence-corrected chi connectivity index (χ3v) is 6.43. The molecule has 0 radical (unpaired) electrons. The molecule has 3 aromatic rings. The summed E-state index contributed by atoms with van der Waals surface area (Å²) in [6, 6.07) is 10.8. The Labute approximate surface area is 165 Å². The van der Waals surface area contributed by atoms with Crippen LogP contribution in [-0.4, -0.2) is 32.8 Å². The van der Waals surface area contributed by atoms with Crippen molar-refractivity contribution in [3.8, 4) is 11.3 Å². The number of aryl methyl sites for hydroxylation is 2. The van der Waals surface area contributed by atoms with E-state index in [1.807, 2.05) is 30.9 Å². The molecule has 1 saturated heterocycles. The molecule has 0 bridgehead atoms. The summed E-state index contributed by atoms with van der Waals surface area (Å²) in [6.07, 6.45) is 8.77. The van der Waals surface area contributed by atoms with Gasteiger partial charge in [-0.15, -0.1) is 0 Å². The summed E-state index contributed by atoms with van der Waals surface area (Å²) in [4.78, 5) is 11.8. The zero-order valence-corrected chi connectivity index (χ0v) is 16.7. The summed E-state index contributed by atoms with van der Waals surface area (Å²) >= 11 is 0. The molecule has 1 aliphatic heterocycles. The molecule has 0 unspecified atom stereocenters. The third-order valence-electron chi connectivity index (χ3n) is 6.43. The summed E-state index contributed by atoms with van der Waals surface area (Å²) in [5.74, 6) is 0.824. The maximum Gasteiger partial charge on any atom is 0.225 e. The molecule has 3 heterocycles.